The number of carbonyl (C=O) groups is 1. The highest BCUT2D eigenvalue weighted by Gasteiger charge is 2.62. The van der Waals surface area contributed by atoms with E-state index in [1.807, 2.05) is 12.1 Å². The highest BCUT2D eigenvalue weighted by Crippen LogP contribution is 2.54. The van der Waals surface area contributed by atoms with Gasteiger partial charge in [0.1, 0.15) is 5.41 Å². The monoisotopic (exact) mass is 296 g/mol. The van der Waals surface area contributed by atoms with Crippen LogP contribution in [0.15, 0.2) is 24.3 Å². The van der Waals surface area contributed by atoms with Gasteiger partial charge in [-0.25, -0.2) is 8.78 Å². The summed E-state index contributed by atoms with van der Waals surface area (Å²) in [6, 6.07) is 7.39. The number of ether oxygens (including phenoxy) is 1. The van der Waals surface area contributed by atoms with E-state index in [0.717, 1.165) is 5.56 Å². The van der Waals surface area contributed by atoms with Crippen molar-refractivity contribution in [2.45, 2.75) is 57.3 Å². The summed E-state index contributed by atoms with van der Waals surface area (Å²) in [5.74, 6) is -3.32. The Bertz CT molecular complexity index is 519. The van der Waals surface area contributed by atoms with Crippen molar-refractivity contribution in [3.05, 3.63) is 35.4 Å². The Hall–Kier alpha value is -1.45. The van der Waals surface area contributed by atoms with Crippen LogP contribution in [-0.4, -0.2) is 18.5 Å². The fraction of sp³-hybridized carbons (Fsp3) is 0.588. The van der Waals surface area contributed by atoms with E-state index in [1.165, 1.54) is 0 Å². The lowest BCUT2D eigenvalue weighted by atomic mass is 9.62. The van der Waals surface area contributed by atoms with Crippen LogP contribution in [0.25, 0.3) is 0 Å². The molecule has 0 aromatic heterocycles. The first-order valence-corrected chi connectivity index (χ1v) is 7.27. The van der Waals surface area contributed by atoms with Crippen molar-refractivity contribution in [1.82, 2.24) is 0 Å². The molecule has 1 aromatic carbocycles. The molecule has 0 bridgehead atoms. The number of esters is 1. The summed E-state index contributed by atoms with van der Waals surface area (Å²) in [5.41, 5.74) is 0.533. The van der Waals surface area contributed by atoms with Gasteiger partial charge in [-0.3, -0.25) is 4.79 Å². The first kappa shape index (κ1) is 15.9. The van der Waals surface area contributed by atoms with Crippen LogP contribution in [0.4, 0.5) is 8.78 Å². The second-order valence-electron chi connectivity index (χ2n) is 6.84. The number of halogens is 2. The molecule has 1 aliphatic rings. The number of carbonyl (C=O) groups excluding carboxylic acids is 1. The Morgan fingerprint density at radius 2 is 1.71 bits per heavy atom. The average Bonchev–Trinajstić information content (AvgIpc) is 2.34. The fourth-order valence-corrected chi connectivity index (χ4v) is 2.86. The Morgan fingerprint density at radius 3 is 2.10 bits per heavy atom. The highest BCUT2D eigenvalue weighted by atomic mass is 19.3. The molecule has 1 fully saturated rings. The summed E-state index contributed by atoms with van der Waals surface area (Å²) >= 11 is 0. The molecule has 1 aliphatic carbocycles. The van der Waals surface area contributed by atoms with E-state index in [9.17, 15) is 13.6 Å². The van der Waals surface area contributed by atoms with Crippen LogP contribution >= 0.6 is 0 Å². The zero-order chi connectivity index (χ0) is 15.9. The third-order valence-corrected chi connectivity index (χ3v) is 4.09. The summed E-state index contributed by atoms with van der Waals surface area (Å²) in [4.78, 5) is 12.2. The smallest absolute Gasteiger partial charge is 0.317 e. The Balaban J connectivity index is 2.33. The second kappa shape index (κ2) is 5.08. The number of rotatable bonds is 3. The van der Waals surface area contributed by atoms with Crippen molar-refractivity contribution in [1.29, 1.82) is 0 Å². The summed E-state index contributed by atoms with van der Waals surface area (Å²) in [6.45, 7) is 8.14. The first-order chi connectivity index (χ1) is 9.61. The van der Waals surface area contributed by atoms with E-state index in [1.54, 1.807) is 19.1 Å². The minimum absolute atomic E-state index is 0.0147. The molecule has 0 spiro atoms. The van der Waals surface area contributed by atoms with Crippen LogP contribution in [-0.2, 0) is 20.4 Å². The predicted octanol–water partition coefficient (Wildman–Crippen LogP) is 4.21. The van der Waals surface area contributed by atoms with Gasteiger partial charge in [-0.15, -0.1) is 0 Å². The molecule has 2 nitrogen and oxygen atoms in total. The van der Waals surface area contributed by atoms with Gasteiger partial charge in [0, 0.05) is 12.8 Å². The van der Waals surface area contributed by atoms with Gasteiger partial charge in [-0.1, -0.05) is 45.0 Å². The van der Waals surface area contributed by atoms with Crippen LogP contribution in [0.3, 0.4) is 0 Å². The summed E-state index contributed by atoms with van der Waals surface area (Å²) in [7, 11) is 0. The molecule has 2 rings (SSSR count). The van der Waals surface area contributed by atoms with Crippen LogP contribution < -0.4 is 0 Å². The molecule has 0 saturated heterocycles. The first-order valence-electron chi connectivity index (χ1n) is 7.27. The molecule has 0 aliphatic heterocycles. The molecular formula is C17H22F2O2. The van der Waals surface area contributed by atoms with E-state index in [2.05, 4.69) is 20.8 Å². The zero-order valence-electron chi connectivity index (χ0n) is 13.0. The molecule has 0 amide bonds. The number of benzene rings is 1. The van der Waals surface area contributed by atoms with E-state index in [0.29, 0.717) is 5.56 Å². The van der Waals surface area contributed by atoms with E-state index < -0.39 is 30.1 Å². The standard InChI is InChI=1S/C17H22F2O2/c1-5-21-14(20)16(10-17(18,19)11-16)13-8-6-12(7-9-13)15(2,3)4/h6-9H,5,10-11H2,1-4H3. The molecular weight excluding hydrogens is 274 g/mol. The molecule has 4 heteroatoms. The van der Waals surface area contributed by atoms with Crippen molar-refractivity contribution < 1.29 is 18.3 Å². The van der Waals surface area contributed by atoms with Crippen molar-refractivity contribution in [2.75, 3.05) is 6.61 Å². The minimum Gasteiger partial charge on any atom is -0.465 e. The van der Waals surface area contributed by atoms with Crippen LogP contribution in [0.1, 0.15) is 51.7 Å². The maximum Gasteiger partial charge on any atom is 0.317 e. The molecule has 0 atom stereocenters. The maximum absolute atomic E-state index is 13.4. The van der Waals surface area contributed by atoms with Gasteiger partial charge >= 0.3 is 5.97 Å². The number of hydrogen-bond acceptors (Lipinski definition) is 2. The lowest BCUT2D eigenvalue weighted by Gasteiger charge is -2.45. The van der Waals surface area contributed by atoms with Gasteiger partial charge in [-0.2, -0.15) is 0 Å². The van der Waals surface area contributed by atoms with Crippen molar-refractivity contribution in [2.24, 2.45) is 0 Å². The molecule has 0 heterocycles. The average molecular weight is 296 g/mol. The molecule has 21 heavy (non-hydrogen) atoms. The van der Waals surface area contributed by atoms with Crippen molar-refractivity contribution >= 4 is 5.97 Å². The Labute approximate surface area is 124 Å². The van der Waals surface area contributed by atoms with Gasteiger partial charge in [0.15, 0.2) is 0 Å². The SMILES string of the molecule is CCOC(=O)C1(c2ccc(C(C)(C)C)cc2)CC(F)(F)C1. The van der Waals surface area contributed by atoms with Gasteiger partial charge in [0.2, 0.25) is 0 Å². The van der Waals surface area contributed by atoms with Crippen LogP contribution in [0, 0.1) is 0 Å². The third kappa shape index (κ3) is 2.94. The van der Waals surface area contributed by atoms with Gasteiger partial charge in [0.05, 0.1) is 6.61 Å². The molecule has 0 radical (unpaired) electrons. The quantitative estimate of drug-likeness (QED) is 0.781. The highest BCUT2D eigenvalue weighted by molar-refractivity contribution is 5.85. The van der Waals surface area contributed by atoms with E-state index in [-0.39, 0.29) is 12.0 Å². The zero-order valence-corrected chi connectivity index (χ0v) is 13.0. The van der Waals surface area contributed by atoms with E-state index in [4.69, 9.17) is 4.74 Å². The molecule has 0 N–H and O–H groups in total. The van der Waals surface area contributed by atoms with Gasteiger partial charge < -0.3 is 4.74 Å². The topological polar surface area (TPSA) is 26.3 Å². The summed E-state index contributed by atoms with van der Waals surface area (Å²) < 4.78 is 31.8. The Kier molecular flexibility index (Phi) is 3.85. The summed E-state index contributed by atoms with van der Waals surface area (Å²) in [6.07, 6.45) is -0.929. The van der Waals surface area contributed by atoms with Crippen molar-refractivity contribution in [3.8, 4) is 0 Å². The molecule has 1 aromatic rings. The number of alkyl halides is 2. The molecule has 1 saturated carbocycles. The minimum atomic E-state index is -2.78. The van der Waals surface area contributed by atoms with Gasteiger partial charge in [-0.05, 0) is 23.5 Å². The second-order valence-corrected chi connectivity index (χ2v) is 6.84. The third-order valence-electron chi connectivity index (χ3n) is 4.09. The lowest BCUT2D eigenvalue weighted by molar-refractivity contribution is -0.179. The largest absolute Gasteiger partial charge is 0.465 e. The van der Waals surface area contributed by atoms with Crippen LogP contribution in [0.2, 0.25) is 0 Å². The Morgan fingerprint density at radius 1 is 1.19 bits per heavy atom. The normalized spacial score (nSPS) is 19.7. The molecule has 116 valence electrons. The van der Waals surface area contributed by atoms with Gasteiger partial charge in [0.25, 0.3) is 5.92 Å². The number of hydrogen-bond donors (Lipinski definition) is 0. The summed E-state index contributed by atoms with van der Waals surface area (Å²) in [5, 5.41) is 0. The van der Waals surface area contributed by atoms with E-state index >= 15 is 0 Å². The van der Waals surface area contributed by atoms with Crippen LogP contribution in [0.5, 0.6) is 0 Å². The maximum atomic E-state index is 13.4. The van der Waals surface area contributed by atoms with Crippen molar-refractivity contribution in [3.63, 3.8) is 0 Å². The fourth-order valence-electron chi connectivity index (χ4n) is 2.86. The lowest BCUT2D eigenvalue weighted by Crippen LogP contribution is -2.55. The predicted molar refractivity (Wildman–Crippen MR) is 77.6 cm³/mol. The molecule has 0 unspecified atom stereocenters.